The molecule has 0 amide bonds. The van der Waals surface area contributed by atoms with Crippen molar-refractivity contribution in [1.82, 2.24) is 0 Å². The second-order valence-electron chi connectivity index (χ2n) is 5.99. The average Bonchev–Trinajstić information content (AvgIpc) is 2.81. The van der Waals surface area contributed by atoms with Gasteiger partial charge in [-0.15, -0.1) is 0 Å². The van der Waals surface area contributed by atoms with Gasteiger partial charge in [-0.2, -0.15) is 0 Å². The van der Waals surface area contributed by atoms with Crippen LogP contribution in [-0.2, 0) is 0 Å². The lowest BCUT2D eigenvalue weighted by Crippen LogP contribution is -2.23. The molecule has 1 aliphatic heterocycles. The number of hydrogen-bond acceptors (Lipinski definition) is 2. The molecule has 2 unspecified atom stereocenters. The van der Waals surface area contributed by atoms with Crippen molar-refractivity contribution >= 4 is 11.7 Å². The van der Waals surface area contributed by atoms with E-state index < -0.39 is 5.97 Å². The van der Waals surface area contributed by atoms with Crippen molar-refractivity contribution in [3.8, 4) is 0 Å². The molecule has 0 spiro atoms. The molecule has 2 atom stereocenters. The summed E-state index contributed by atoms with van der Waals surface area (Å²) in [5.41, 5.74) is 2.49. The third-order valence-corrected chi connectivity index (χ3v) is 4.76. The van der Waals surface area contributed by atoms with Crippen LogP contribution in [0.15, 0.2) is 18.2 Å². The quantitative estimate of drug-likeness (QED) is 0.885. The van der Waals surface area contributed by atoms with E-state index in [1.54, 1.807) is 6.07 Å². The molecular weight excluding hydrogens is 238 g/mol. The van der Waals surface area contributed by atoms with E-state index in [0.29, 0.717) is 5.56 Å². The minimum absolute atomic E-state index is 0.457. The first-order valence-electron chi connectivity index (χ1n) is 7.24. The predicted molar refractivity (Wildman–Crippen MR) is 75.8 cm³/mol. The van der Waals surface area contributed by atoms with Gasteiger partial charge in [0, 0.05) is 13.1 Å². The first-order valence-corrected chi connectivity index (χ1v) is 7.24. The molecule has 0 bridgehead atoms. The molecule has 2 aliphatic rings. The molecule has 1 saturated carbocycles. The fourth-order valence-electron chi connectivity index (χ4n) is 3.84. The third-order valence-electron chi connectivity index (χ3n) is 4.76. The molecule has 1 aromatic carbocycles. The Morgan fingerprint density at radius 2 is 1.84 bits per heavy atom. The molecule has 3 nitrogen and oxygen atoms in total. The molecule has 0 radical (unpaired) electrons. The Hall–Kier alpha value is -1.51. The van der Waals surface area contributed by atoms with Crippen LogP contribution >= 0.6 is 0 Å². The first-order chi connectivity index (χ1) is 9.16. The normalized spacial score (nSPS) is 26.3. The van der Waals surface area contributed by atoms with E-state index in [4.69, 9.17) is 0 Å². The van der Waals surface area contributed by atoms with Gasteiger partial charge in [0.15, 0.2) is 0 Å². The number of para-hydroxylation sites is 1. The molecule has 3 rings (SSSR count). The van der Waals surface area contributed by atoms with E-state index in [-0.39, 0.29) is 0 Å². The maximum absolute atomic E-state index is 11.4. The van der Waals surface area contributed by atoms with E-state index in [0.717, 1.165) is 36.2 Å². The van der Waals surface area contributed by atoms with Crippen LogP contribution in [0.2, 0.25) is 0 Å². The van der Waals surface area contributed by atoms with Crippen LogP contribution in [0, 0.1) is 18.8 Å². The highest BCUT2D eigenvalue weighted by molar-refractivity contribution is 5.95. The minimum Gasteiger partial charge on any atom is -0.478 e. The van der Waals surface area contributed by atoms with Gasteiger partial charge in [0.2, 0.25) is 0 Å². The van der Waals surface area contributed by atoms with Gasteiger partial charge < -0.3 is 10.0 Å². The van der Waals surface area contributed by atoms with Crippen LogP contribution in [0.1, 0.15) is 41.6 Å². The van der Waals surface area contributed by atoms with Gasteiger partial charge in [-0.05, 0) is 43.2 Å². The van der Waals surface area contributed by atoms with Crippen molar-refractivity contribution < 1.29 is 9.90 Å². The molecule has 1 heterocycles. The van der Waals surface area contributed by atoms with Crippen molar-refractivity contribution in [3.05, 3.63) is 29.3 Å². The molecule has 3 heteroatoms. The summed E-state index contributed by atoms with van der Waals surface area (Å²) in [4.78, 5) is 13.7. The van der Waals surface area contributed by atoms with Gasteiger partial charge >= 0.3 is 5.97 Å². The maximum Gasteiger partial charge on any atom is 0.337 e. The zero-order valence-corrected chi connectivity index (χ0v) is 11.4. The van der Waals surface area contributed by atoms with Gasteiger partial charge in [0.05, 0.1) is 11.3 Å². The molecule has 19 heavy (non-hydrogen) atoms. The molecular formula is C16H21NO2. The standard InChI is InChI=1S/C16H21NO2/c1-11-5-4-8-14(16(18)19)15(11)17-9-12-6-2-3-7-13(12)10-17/h4-5,8,12-13H,2-3,6-7,9-10H2,1H3,(H,18,19). The maximum atomic E-state index is 11.4. The fraction of sp³-hybridized carbons (Fsp3) is 0.562. The van der Waals surface area contributed by atoms with Gasteiger partial charge in [-0.3, -0.25) is 0 Å². The Bertz CT molecular complexity index is 484. The van der Waals surface area contributed by atoms with E-state index in [1.165, 1.54) is 25.7 Å². The highest BCUT2D eigenvalue weighted by atomic mass is 16.4. The van der Waals surface area contributed by atoms with E-state index in [2.05, 4.69) is 4.90 Å². The number of anilines is 1. The van der Waals surface area contributed by atoms with Gasteiger partial charge in [0.25, 0.3) is 0 Å². The minimum atomic E-state index is -0.812. The van der Waals surface area contributed by atoms with Crippen LogP contribution in [0.25, 0.3) is 0 Å². The van der Waals surface area contributed by atoms with Crippen LogP contribution in [-0.4, -0.2) is 24.2 Å². The SMILES string of the molecule is Cc1cccc(C(=O)O)c1N1CC2CCCCC2C1. The second-order valence-corrected chi connectivity index (χ2v) is 5.99. The number of aryl methyl sites for hydroxylation is 1. The molecule has 1 saturated heterocycles. The summed E-state index contributed by atoms with van der Waals surface area (Å²) in [7, 11) is 0. The van der Waals surface area contributed by atoms with E-state index >= 15 is 0 Å². The number of carboxylic acids is 1. The monoisotopic (exact) mass is 259 g/mol. The summed E-state index contributed by atoms with van der Waals surface area (Å²) < 4.78 is 0. The molecule has 1 aliphatic carbocycles. The summed E-state index contributed by atoms with van der Waals surface area (Å²) in [6.45, 7) is 4.09. The number of benzene rings is 1. The Morgan fingerprint density at radius 1 is 1.21 bits per heavy atom. The van der Waals surface area contributed by atoms with Crippen LogP contribution in [0.4, 0.5) is 5.69 Å². The van der Waals surface area contributed by atoms with Crippen LogP contribution in [0.3, 0.4) is 0 Å². The van der Waals surface area contributed by atoms with Crippen molar-refractivity contribution in [3.63, 3.8) is 0 Å². The van der Waals surface area contributed by atoms with Crippen molar-refractivity contribution in [2.45, 2.75) is 32.6 Å². The molecule has 1 N–H and O–H groups in total. The Kier molecular flexibility index (Phi) is 3.21. The van der Waals surface area contributed by atoms with E-state index in [9.17, 15) is 9.90 Å². The number of carbonyl (C=O) groups is 1. The molecule has 102 valence electrons. The Balaban J connectivity index is 1.92. The second kappa shape index (κ2) is 4.87. The lowest BCUT2D eigenvalue weighted by atomic mass is 9.82. The zero-order chi connectivity index (χ0) is 13.4. The largest absolute Gasteiger partial charge is 0.478 e. The number of nitrogens with zero attached hydrogens (tertiary/aromatic N) is 1. The van der Waals surface area contributed by atoms with Gasteiger partial charge in [0.1, 0.15) is 0 Å². The van der Waals surface area contributed by atoms with Gasteiger partial charge in [-0.1, -0.05) is 25.0 Å². The third kappa shape index (κ3) is 2.22. The molecule has 1 aromatic rings. The average molecular weight is 259 g/mol. The summed E-state index contributed by atoms with van der Waals surface area (Å²) in [5, 5.41) is 9.38. The first kappa shape index (κ1) is 12.5. The number of aromatic carboxylic acids is 1. The summed E-state index contributed by atoms with van der Waals surface area (Å²) in [5.74, 6) is 0.735. The Morgan fingerprint density at radius 3 is 2.42 bits per heavy atom. The van der Waals surface area contributed by atoms with Crippen LogP contribution in [0.5, 0.6) is 0 Å². The van der Waals surface area contributed by atoms with Crippen LogP contribution < -0.4 is 4.90 Å². The van der Waals surface area contributed by atoms with Gasteiger partial charge in [-0.25, -0.2) is 4.79 Å². The number of hydrogen-bond donors (Lipinski definition) is 1. The highest BCUT2D eigenvalue weighted by Gasteiger charge is 2.35. The number of rotatable bonds is 2. The summed E-state index contributed by atoms with van der Waals surface area (Å²) in [6, 6.07) is 5.59. The number of fused-ring (bicyclic) bond motifs is 1. The predicted octanol–water partition coefficient (Wildman–Crippen LogP) is 3.32. The Labute approximate surface area is 114 Å². The number of carboxylic acid groups (broad SMARTS) is 1. The lowest BCUT2D eigenvalue weighted by molar-refractivity contribution is 0.0697. The van der Waals surface area contributed by atoms with Crippen molar-refractivity contribution in [2.24, 2.45) is 11.8 Å². The summed E-state index contributed by atoms with van der Waals surface area (Å²) in [6.07, 6.45) is 5.31. The summed E-state index contributed by atoms with van der Waals surface area (Å²) >= 11 is 0. The topological polar surface area (TPSA) is 40.5 Å². The smallest absolute Gasteiger partial charge is 0.337 e. The van der Waals surface area contributed by atoms with E-state index in [1.807, 2.05) is 19.1 Å². The lowest BCUT2D eigenvalue weighted by Gasteiger charge is -2.23. The molecule has 0 aromatic heterocycles. The molecule has 2 fully saturated rings. The van der Waals surface area contributed by atoms with Crippen molar-refractivity contribution in [2.75, 3.05) is 18.0 Å². The zero-order valence-electron chi connectivity index (χ0n) is 11.4. The highest BCUT2D eigenvalue weighted by Crippen LogP contribution is 2.39. The fourth-order valence-corrected chi connectivity index (χ4v) is 3.84. The van der Waals surface area contributed by atoms with Crippen molar-refractivity contribution in [1.29, 1.82) is 0 Å².